The largest absolute Gasteiger partial charge is 0.279 e. The second kappa shape index (κ2) is 5.44. The van der Waals surface area contributed by atoms with Gasteiger partial charge in [0.1, 0.15) is 4.21 Å². The molecule has 1 aromatic carbocycles. The predicted octanol–water partition coefficient (Wildman–Crippen LogP) is 4.58. The second-order valence-electron chi connectivity index (χ2n) is 4.11. The number of hydrogen-bond donors (Lipinski definition) is 1. The maximum atomic E-state index is 12.2. The van der Waals surface area contributed by atoms with Gasteiger partial charge >= 0.3 is 0 Å². The summed E-state index contributed by atoms with van der Waals surface area (Å²) >= 11 is 10.2. The van der Waals surface area contributed by atoms with Gasteiger partial charge in [-0.1, -0.05) is 29.3 Å². The first-order valence-corrected chi connectivity index (χ1v) is 8.81. The van der Waals surface area contributed by atoms with Crippen LogP contribution in [0.3, 0.4) is 0 Å². The highest BCUT2D eigenvalue weighted by molar-refractivity contribution is 9.11. The van der Waals surface area contributed by atoms with Crippen molar-refractivity contribution < 1.29 is 8.42 Å². The minimum atomic E-state index is -3.60. The number of rotatable bonds is 3. The van der Waals surface area contributed by atoms with Gasteiger partial charge in [-0.15, -0.1) is 11.3 Å². The van der Waals surface area contributed by atoms with Gasteiger partial charge in [-0.2, -0.15) is 0 Å². The number of nitrogens with one attached hydrogen (secondary N) is 1. The van der Waals surface area contributed by atoms with E-state index in [4.69, 9.17) is 11.6 Å². The minimum Gasteiger partial charge on any atom is -0.279 e. The van der Waals surface area contributed by atoms with Crippen molar-refractivity contribution >= 4 is 54.6 Å². The molecule has 0 aliphatic heterocycles. The topological polar surface area (TPSA) is 46.2 Å². The van der Waals surface area contributed by atoms with Gasteiger partial charge in [-0.05, 0) is 47.5 Å². The molecular formula is C12H11BrClNO2S2. The van der Waals surface area contributed by atoms with Crippen LogP contribution in [-0.4, -0.2) is 8.42 Å². The highest BCUT2D eigenvalue weighted by Gasteiger charge is 2.19. The Labute approximate surface area is 129 Å². The van der Waals surface area contributed by atoms with Crippen LogP contribution < -0.4 is 4.72 Å². The average molecular weight is 381 g/mol. The Kier molecular flexibility index (Phi) is 4.25. The molecule has 3 nitrogen and oxygen atoms in total. The molecule has 0 unspecified atom stereocenters. The van der Waals surface area contributed by atoms with Crippen molar-refractivity contribution in [1.29, 1.82) is 0 Å². The van der Waals surface area contributed by atoms with E-state index in [1.165, 1.54) is 6.07 Å². The lowest BCUT2D eigenvalue weighted by atomic mass is 10.1. The zero-order chi connectivity index (χ0) is 14.2. The monoisotopic (exact) mass is 379 g/mol. The lowest BCUT2D eigenvalue weighted by molar-refractivity contribution is 0.603. The quantitative estimate of drug-likeness (QED) is 0.847. The highest BCUT2D eigenvalue weighted by atomic mass is 79.9. The maximum absolute atomic E-state index is 12.2. The van der Waals surface area contributed by atoms with Crippen molar-refractivity contribution in [2.75, 3.05) is 4.72 Å². The molecule has 1 aromatic heterocycles. The average Bonchev–Trinajstić information content (AvgIpc) is 2.64. The number of sulfonamides is 1. The van der Waals surface area contributed by atoms with E-state index in [1.54, 1.807) is 6.07 Å². The molecule has 19 heavy (non-hydrogen) atoms. The summed E-state index contributed by atoms with van der Waals surface area (Å²) in [6.07, 6.45) is 0. The Bertz CT molecular complexity index is 706. The molecule has 1 heterocycles. The molecule has 2 aromatic rings. The molecule has 2 rings (SSSR count). The van der Waals surface area contributed by atoms with Crippen molar-refractivity contribution in [2.24, 2.45) is 0 Å². The first-order chi connectivity index (χ1) is 8.79. The second-order valence-corrected chi connectivity index (χ2v) is 8.80. The third-order valence-electron chi connectivity index (χ3n) is 2.51. The zero-order valence-corrected chi connectivity index (χ0v) is 14.2. The first-order valence-electron chi connectivity index (χ1n) is 5.34. The van der Waals surface area contributed by atoms with Crippen LogP contribution in [0.2, 0.25) is 5.02 Å². The smallest absolute Gasteiger partial charge is 0.271 e. The summed E-state index contributed by atoms with van der Waals surface area (Å²) in [5.41, 5.74) is 2.54. The molecule has 0 saturated carbocycles. The van der Waals surface area contributed by atoms with Crippen molar-refractivity contribution in [1.82, 2.24) is 0 Å². The van der Waals surface area contributed by atoms with E-state index in [-0.39, 0.29) is 4.21 Å². The number of thiophene rings is 1. The summed E-state index contributed by atoms with van der Waals surface area (Å²) in [5, 5.41) is 0.394. The number of anilines is 1. The van der Waals surface area contributed by atoms with Crippen LogP contribution in [-0.2, 0) is 10.0 Å². The third-order valence-corrected chi connectivity index (χ3v) is 6.83. The lowest BCUT2D eigenvalue weighted by Gasteiger charge is -2.09. The zero-order valence-electron chi connectivity index (χ0n) is 10.2. The molecule has 0 aliphatic rings. The SMILES string of the molecule is Cc1ccc(NS(=O)(=O)c2cc(Cl)c(Br)s2)c(C)c1. The summed E-state index contributed by atoms with van der Waals surface area (Å²) in [7, 11) is -3.60. The van der Waals surface area contributed by atoms with E-state index in [9.17, 15) is 8.42 Å². The van der Waals surface area contributed by atoms with Crippen molar-refractivity contribution in [2.45, 2.75) is 18.1 Å². The Morgan fingerprint density at radius 2 is 1.95 bits per heavy atom. The van der Waals surface area contributed by atoms with Crippen LogP contribution in [0.5, 0.6) is 0 Å². The van der Waals surface area contributed by atoms with E-state index in [0.717, 1.165) is 22.5 Å². The van der Waals surface area contributed by atoms with E-state index in [0.29, 0.717) is 14.5 Å². The van der Waals surface area contributed by atoms with Gasteiger partial charge in [0.05, 0.1) is 14.5 Å². The summed E-state index contributed by atoms with van der Waals surface area (Å²) in [5.74, 6) is 0. The predicted molar refractivity (Wildman–Crippen MR) is 83.8 cm³/mol. The van der Waals surface area contributed by atoms with Gasteiger partial charge in [0, 0.05) is 0 Å². The minimum absolute atomic E-state index is 0.185. The molecule has 0 saturated heterocycles. The van der Waals surface area contributed by atoms with Gasteiger partial charge in [0.25, 0.3) is 10.0 Å². The molecule has 0 atom stereocenters. The lowest BCUT2D eigenvalue weighted by Crippen LogP contribution is -2.12. The number of hydrogen-bond acceptors (Lipinski definition) is 3. The highest BCUT2D eigenvalue weighted by Crippen LogP contribution is 2.35. The third kappa shape index (κ3) is 3.31. The molecule has 102 valence electrons. The fourth-order valence-electron chi connectivity index (χ4n) is 1.58. The van der Waals surface area contributed by atoms with Crippen LogP contribution in [0.4, 0.5) is 5.69 Å². The summed E-state index contributed by atoms with van der Waals surface area (Å²) in [6.45, 7) is 3.82. The van der Waals surface area contributed by atoms with E-state index < -0.39 is 10.0 Å². The van der Waals surface area contributed by atoms with Crippen molar-refractivity contribution in [3.8, 4) is 0 Å². The molecule has 0 amide bonds. The van der Waals surface area contributed by atoms with E-state index in [2.05, 4.69) is 20.7 Å². The first kappa shape index (κ1) is 14.8. The summed E-state index contributed by atoms with van der Waals surface area (Å²) in [4.78, 5) is 0. The van der Waals surface area contributed by atoms with Crippen LogP contribution in [0.25, 0.3) is 0 Å². The van der Waals surface area contributed by atoms with Crippen LogP contribution in [0.15, 0.2) is 32.3 Å². The normalized spacial score (nSPS) is 11.6. The van der Waals surface area contributed by atoms with Gasteiger partial charge in [0.15, 0.2) is 0 Å². The number of halogens is 2. The molecule has 0 fully saturated rings. The molecule has 7 heteroatoms. The fraction of sp³-hybridized carbons (Fsp3) is 0.167. The number of aryl methyl sites for hydroxylation is 2. The molecule has 0 radical (unpaired) electrons. The molecule has 1 N–H and O–H groups in total. The summed E-state index contributed by atoms with van der Waals surface area (Å²) in [6, 6.07) is 6.98. The Morgan fingerprint density at radius 3 is 2.47 bits per heavy atom. The Balaban J connectivity index is 2.36. The van der Waals surface area contributed by atoms with Crippen molar-refractivity contribution in [3.05, 3.63) is 44.2 Å². The molecule has 0 bridgehead atoms. The van der Waals surface area contributed by atoms with Crippen LogP contribution >= 0.6 is 38.9 Å². The Hall–Kier alpha value is -0.560. The standard InChI is InChI=1S/C12H11BrClNO2S2/c1-7-3-4-10(8(2)5-7)15-19(16,17)11-6-9(14)12(13)18-11/h3-6,15H,1-2H3. The van der Waals surface area contributed by atoms with Gasteiger partial charge < -0.3 is 0 Å². The van der Waals surface area contributed by atoms with Crippen molar-refractivity contribution in [3.63, 3.8) is 0 Å². The molecule has 0 aliphatic carbocycles. The molecular weight excluding hydrogens is 370 g/mol. The van der Waals surface area contributed by atoms with Gasteiger partial charge in [0.2, 0.25) is 0 Å². The van der Waals surface area contributed by atoms with Crippen LogP contribution in [0.1, 0.15) is 11.1 Å². The number of benzene rings is 1. The van der Waals surface area contributed by atoms with E-state index in [1.807, 2.05) is 26.0 Å². The Morgan fingerprint density at radius 1 is 1.26 bits per heavy atom. The van der Waals surface area contributed by atoms with Gasteiger partial charge in [-0.25, -0.2) is 8.42 Å². The van der Waals surface area contributed by atoms with Crippen LogP contribution in [0, 0.1) is 13.8 Å². The van der Waals surface area contributed by atoms with E-state index >= 15 is 0 Å². The molecule has 0 spiro atoms. The van der Waals surface area contributed by atoms with Gasteiger partial charge in [-0.3, -0.25) is 4.72 Å². The fourth-order valence-corrected chi connectivity index (χ4v) is 5.11. The maximum Gasteiger partial charge on any atom is 0.271 e. The summed E-state index contributed by atoms with van der Waals surface area (Å²) < 4.78 is 27.8.